The monoisotopic (exact) mass is 398 g/mol. The van der Waals surface area contributed by atoms with E-state index in [-0.39, 0.29) is 29.2 Å². The number of rotatable bonds is 4. The lowest BCUT2D eigenvalue weighted by molar-refractivity contribution is -0.123. The molecule has 2 amide bonds. The van der Waals surface area contributed by atoms with E-state index in [9.17, 15) is 18.8 Å². The molecule has 1 aliphatic carbocycles. The minimum atomic E-state index is -0.489. The van der Waals surface area contributed by atoms with Crippen molar-refractivity contribution in [2.24, 2.45) is 5.92 Å². The predicted octanol–water partition coefficient (Wildman–Crippen LogP) is 1.81. The Hall–Kier alpha value is -3.03. The minimum absolute atomic E-state index is 0.0493. The molecule has 7 nitrogen and oxygen atoms in total. The standard InChI is InChI=1S/C21H23FN4O3/c1-13-12-18(27)19(24-26(13)17-5-3-2-4-16(17)22)21(29)25-10-8-15(9-11-25)23-20(28)14-6-7-14/h2-5,12,14-15H,6-11H2,1H3,(H,23,28). The normalized spacial score (nSPS) is 17.2. The van der Waals surface area contributed by atoms with Crippen molar-refractivity contribution in [3.63, 3.8) is 0 Å². The second-order valence-electron chi connectivity index (χ2n) is 7.71. The van der Waals surface area contributed by atoms with E-state index in [0.29, 0.717) is 31.6 Å². The minimum Gasteiger partial charge on any atom is -0.353 e. The van der Waals surface area contributed by atoms with Gasteiger partial charge in [0.2, 0.25) is 11.3 Å². The molecule has 1 aromatic carbocycles. The molecule has 4 rings (SSSR count). The average Bonchev–Trinajstić information content (AvgIpc) is 3.54. The van der Waals surface area contributed by atoms with Crippen molar-refractivity contribution >= 4 is 11.8 Å². The Morgan fingerprint density at radius 1 is 1.14 bits per heavy atom. The number of piperidine rings is 1. The maximum Gasteiger partial charge on any atom is 0.278 e. The van der Waals surface area contributed by atoms with Crippen molar-refractivity contribution in [3.05, 3.63) is 57.8 Å². The number of carbonyl (C=O) groups excluding carboxylic acids is 2. The third kappa shape index (κ3) is 4.06. The Kier molecular flexibility index (Phi) is 5.17. The molecule has 1 N–H and O–H groups in total. The zero-order valence-corrected chi connectivity index (χ0v) is 16.2. The van der Waals surface area contributed by atoms with Crippen LogP contribution in [0.1, 0.15) is 41.9 Å². The Labute approximate surface area is 167 Å². The van der Waals surface area contributed by atoms with Crippen LogP contribution < -0.4 is 10.7 Å². The number of para-hydroxylation sites is 1. The SMILES string of the molecule is Cc1cc(=O)c(C(=O)N2CCC(NC(=O)C3CC3)CC2)nn1-c1ccccc1F. The zero-order valence-electron chi connectivity index (χ0n) is 16.2. The number of benzene rings is 1. The van der Waals surface area contributed by atoms with E-state index in [1.54, 1.807) is 30.0 Å². The van der Waals surface area contributed by atoms with E-state index < -0.39 is 17.2 Å². The second kappa shape index (κ2) is 7.77. The summed E-state index contributed by atoms with van der Waals surface area (Å²) in [7, 11) is 0. The molecule has 2 aliphatic rings. The van der Waals surface area contributed by atoms with Crippen LogP contribution >= 0.6 is 0 Å². The molecule has 0 atom stereocenters. The Balaban J connectivity index is 1.50. The first-order chi connectivity index (χ1) is 13.9. The van der Waals surface area contributed by atoms with E-state index in [2.05, 4.69) is 10.4 Å². The molecule has 0 spiro atoms. The molecule has 152 valence electrons. The Morgan fingerprint density at radius 2 is 1.83 bits per heavy atom. The molecule has 8 heteroatoms. The van der Waals surface area contributed by atoms with Crippen molar-refractivity contribution < 1.29 is 14.0 Å². The topological polar surface area (TPSA) is 84.3 Å². The molecule has 1 saturated carbocycles. The lowest BCUT2D eigenvalue weighted by Crippen LogP contribution is -2.48. The van der Waals surface area contributed by atoms with Gasteiger partial charge in [-0.2, -0.15) is 5.10 Å². The highest BCUT2D eigenvalue weighted by molar-refractivity contribution is 5.92. The van der Waals surface area contributed by atoms with Crippen LogP contribution in [0.25, 0.3) is 5.69 Å². The molecule has 0 unspecified atom stereocenters. The second-order valence-corrected chi connectivity index (χ2v) is 7.71. The molecule has 2 aromatic rings. The highest BCUT2D eigenvalue weighted by Crippen LogP contribution is 2.29. The van der Waals surface area contributed by atoms with Gasteiger partial charge in [0.1, 0.15) is 11.5 Å². The summed E-state index contributed by atoms with van der Waals surface area (Å²) in [5, 5.41) is 7.22. The number of nitrogens with zero attached hydrogens (tertiary/aromatic N) is 3. The maximum absolute atomic E-state index is 14.2. The van der Waals surface area contributed by atoms with Gasteiger partial charge in [-0.1, -0.05) is 12.1 Å². The van der Waals surface area contributed by atoms with Crippen molar-refractivity contribution in [2.45, 2.75) is 38.6 Å². The first-order valence-electron chi connectivity index (χ1n) is 9.89. The highest BCUT2D eigenvalue weighted by atomic mass is 19.1. The number of nitrogens with one attached hydrogen (secondary N) is 1. The number of hydrogen-bond acceptors (Lipinski definition) is 4. The number of likely N-dealkylation sites (tertiary alicyclic amines) is 1. The van der Waals surface area contributed by atoms with Crippen molar-refractivity contribution in [3.8, 4) is 5.69 Å². The fourth-order valence-electron chi connectivity index (χ4n) is 3.60. The number of aromatic nitrogens is 2. The quantitative estimate of drug-likeness (QED) is 0.851. The number of halogens is 1. The summed E-state index contributed by atoms with van der Waals surface area (Å²) in [6.45, 7) is 2.51. The molecular formula is C21H23FN4O3. The number of aryl methyl sites for hydroxylation is 1. The fraction of sp³-hybridized carbons (Fsp3) is 0.429. The molecular weight excluding hydrogens is 375 g/mol. The third-order valence-corrected chi connectivity index (χ3v) is 5.47. The average molecular weight is 398 g/mol. The number of hydrogen-bond donors (Lipinski definition) is 1. The maximum atomic E-state index is 14.2. The molecule has 1 saturated heterocycles. The summed E-state index contributed by atoms with van der Waals surface area (Å²) >= 11 is 0. The van der Waals surface area contributed by atoms with Crippen molar-refractivity contribution in [2.75, 3.05) is 13.1 Å². The Morgan fingerprint density at radius 3 is 2.48 bits per heavy atom. The summed E-state index contributed by atoms with van der Waals surface area (Å²) in [6.07, 6.45) is 3.18. The van der Waals surface area contributed by atoms with Crippen LogP contribution in [0.4, 0.5) is 4.39 Å². The molecule has 0 radical (unpaired) electrons. The van der Waals surface area contributed by atoms with E-state index in [1.807, 2.05) is 0 Å². The van der Waals surface area contributed by atoms with E-state index in [1.165, 1.54) is 16.8 Å². The third-order valence-electron chi connectivity index (χ3n) is 5.47. The van der Waals surface area contributed by atoms with Gasteiger partial charge in [-0.25, -0.2) is 9.07 Å². The Bertz CT molecular complexity index is 1010. The van der Waals surface area contributed by atoms with Crippen LogP contribution in [-0.2, 0) is 4.79 Å². The van der Waals surface area contributed by atoms with Crippen LogP contribution in [0.3, 0.4) is 0 Å². The summed E-state index contributed by atoms with van der Waals surface area (Å²) in [5.41, 5.74) is -0.0812. The summed E-state index contributed by atoms with van der Waals surface area (Å²) in [4.78, 5) is 38.8. The molecule has 1 aliphatic heterocycles. The van der Waals surface area contributed by atoms with Crippen LogP contribution in [-0.4, -0.2) is 45.6 Å². The van der Waals surface area contributed by atoms with Crippen LogP contribution in [0.5, 0.6) is 0 Å². The molecule has 2 heterocycles. The first-order valence-corrected chi connectivity index (χ1v) is 9.89. The zero-order chi connectivity index (χ0) is 20.5. The largest absolute Gasteiger partial charge is 0.353 e. The van der Waals surface area contributed by atoms with Crippen LogP contribution in [0.2, 0.25) is 0 Å². The van der Waals surface area contributed by atoms with Crippen molar-refractivity contribution in [1.29, 1.82) is 0 Å². The van der Waals surface area contributed by atoms with Gasteiger partial charge in [-0.15, -0.1) is 0 Å². The summed E-state index contributed by atoms with van der Waals surface area (Å²) in [5.74, 6) is -0.699. The van der Waals surface area contributed by atoms with Crippen LogP contribution in [0, 0.1) is 18.7 Å². The van der Waals surface area contributed by atoms with Crippen LogP contribution in [0.15, 0.2) is 35.1 Å². The molecule has 29 heavy (non-hydrogen) atoms. The van der Waals surface area contributed by atoms with Gasteiger partial charge in [0.05, 0.1) is 0 Å². The van der Waals surface area contributed by atoms with Crippen molar-refractivity contribution in [1.82, 2.24) is 20.0 Å². The van der Waals surface area contributed by atoms with Gasteiger partial charge in [0.15, 0.2) is 5.69 Å². The molecule has 1 aromatic heterocycles. The van der Waals surface area contributed by atoms with Gasteiger partial charge in [0.25, 0.3) is 5.91 Å². The van der Waals surface area contributed by atoms with Gasteiger partial charge in [-0.3, -0.25) is 14.4 Å². The molecule has 0 bridgehead atoms. The van der Waals surface area contributed by atoms with E-state index in [4.69, 9.17) is 0 Å². The van der Waals surface area contributed by atoms with Gasteiger partial charge in [0, 0.05) is 36.8 Å². The van der Waals surface area contributed by atoms with E-state index >= 15 is 0 Å². The highest BCUT2D eigenvalue weighted by Gasteiger charge is 2.33. The number of amides is 2. The smallest absolute Gasteiger partial charge is 0.278 e. The summed E-state index contributed by atoms with van der Waals surface area (Å²) < 4.78 is 15.5. The predicted molar refractivity (Wildman–Crippen MR) is 104 cm³/mol. The van der Waals surface area contributed by atoms with Gasteiger partial charge >= 0.3 is 0 Å². The molecule has 2 fully saturated rings. The first kappa shape index (κ1) is 19.3. The lowest BCUT2D eigenvalue weighted by atomic mass is 10.0. The fourth-order valence-corrected chi connectivity index (χ4v) is 3.60. The van der Waals surface area contributed by atoms with Gasteiger partial charge < -0.3 is 10.2 Å². The number of carbonyl (C=O) groups is 2. The summed E-state index contributed by atoms with van der Waals surface area (Å²) in [6, 6.07) is 7.43. The van der Waals surface area contributed by atoms with E-state index in [0.717, 1.165) is 12.8 Å². The van der Waals surface area contributed by atoms with Gasteiger partial charge in [-0.05, 0) is 44.7 Å². The lowest BCUT2D eigenvalue weighted by Gasteiger charge is -2.32.